The topological polar surface area (TPSA) is 165 Å². The molecule has 0 saturated heterocycles. The Morgan fingerprint density at radius 1 is 1.05 bits per heavy atom. The number of nitrogens with one attached hydrogen (secondary N) is 1. The SMILES string of the molecule is CC[C@@H](C(=O)NC(CC(=O)O)C(=O)CF)n1cnc2ccc(Oc3ccccc3)cc2c1=O.O=C(O)C(F)(F)F. The molecule has 3 rings (SSSR count). The third kappa shape index (κ3) is 8.61. The molecule has 0 saturated carbocycles. The van der Waals surface area contributed by atoms with Crippen molar-refractivity contribution in [2.45, 2.75) is 38.0 Å². The third-order valence-electron chi connectivity index (χ3n) is 5.22. The highest BCUT2D eigenvalue weighted by atomic mass is 19.4. The molecule has 15 heteroatoms. The molecule has 40 heavy (non-hydrogen) atoms. The summed E-state index contributed by atoms with van der Waals surface area (Å²) in [5.41, 5.74) is -0.129. The van der Waals surface area contributed by atoms with Gasteiger partial charge in [0.15, 0.2) is 5.78 Å². The number of aromatic nitrogens is 2. The number of hydrogen-bond donors (Lipinski definition) is 3. The maximum Gasteiger partial charge on any atom is 0.490 e. The van der Waals surface area contributed by atoms with Crippen LogP contribution in [-0.2, 0) is 19.2 Å². The third-order valence-corrected chi connectivity index (χ3v) is 5.22. The second-order valence-electron chi connectivity index (χ2n) is 8.04. The van der Waals surface area contributed by atoms with E-state index in [1.54, 1.807) is 43.3 Å². The van der Waals surface area contributed by atoms with Crippen LogP contribution < -0.4 is 15.6 Å². The number of carboxylic acid groups (broad SMARTS) is 2. The van der Waals surface area contributed by atoms with Gasteiger partial charge in [0, 0.05) is 0 Å². The van der Waals surface area contributed by atoms with Gasteiger partial charge in [-0.2, -0.15) is 13.2 Å². The molecule has 0 radical (unpaired) electrons. The van der Waals surface area contributed by atoms with Gasteiger partial charge in [0.1, 0.15) is 30.3 Å². The van der Waals surface area contributed by atoms with Crippen LogP contribution in [0.1, 0.15) is 25.8 Å². The lowest BCUT2D eigenvalue weighted by Gasteiger charge is -2.21. The fourth-order valence-corrected chi connectivity index (χ4v) is 3.31. The molecule has 1 amide bonds. The van der Waals surface area contributed by atoms with Gasteiger partial charge in [0.25, 0.3) is 5.56 Å². The fraction of sp³-hybridized carbons (Fsp3) is 0.280. The van der Waals surface area contributed by atoms with E-state index in [9.17, 15) is 36.7 Å². The first-order valence-corrected chi connectivity index (χ1v) is 11.4. The molecule has 0 aliphatic carbocycles. The molecule has 3 aromatic rings. The number of aliphatic carboxylic acids is 2. The molecule has 1 aromatic heterocycles. The van der Waals surface area contributed by atoms with Gasteiger partial charge in [-0.3, -0.25) is 23.7 Å². The lowest BCUT2D eigenvalue weighted by atomic mass is 10.1. The van der Waals surface area contributed by atoms with E-state index in [-0.39, 0.29) is 11.8 Å². The van der Waals surface area contributed by atoms with E-state index in [1.165, 1.54) is 12.4 Å². The van der Waals surface area contributed by atoms with Gasteiger partial charge in [-0.1, -0.05) is 25.1 Å². The van der Waals surface area contributed by atoms with Gasteiger partial charge in [0.05, 0.1) is 23.7 Å². The van der Waals surface area contributed by atoms with Gasteiger partial charge in [0.2, 0.25) is 5.91 Å². The zero-order chi connectivity index (χ0) is 30.0. The van der Waals surface area contributed by atoms with Gasteiger partial charge >= 0.3 is 18.1 Å². The van der Waals surface area contributed by atoms with Crippen molar-refractivity contribution in [1.82, 2.24) is 14.9 Å². The van der Waals surface area contributed by atoms with E-state index >= 15 is 0 Å². The van der Waals surface area contributed by atoms with Crippen molar-refractivity contribution in [3.63, 3.8) is 0 Å². The number of Topliss-reactive ketones (excluding diaryl/α,β-unsaturated/α-hetero) is 1. The number of carbonyl (C=O) groups is 4. The minimum atomic E-state index is -5.08. The summed E-state index contributed by atoms with van der Waals surface area (Å²) < 4.78 is 51.4. The highest BCUT2D eigenvalue weighted by Crippen LogP contribution is 2.24. The number of benzene rings is 2. The normalized spacial score (nSPS) is 12.4. The van der Waals surface area contributed by atoms with Crippen molar-refractivity contribution in [1.29, 1.82) is 0 Å². The Bertz CT molecular complexity index is 1430. The molecule has 2 atom stereocenters. The van der Waals surface area contributed by atoms with Crippen LogP contribution >= 0.6 is 0 Å². The summed E-state index contributed by atoms with van der Waals surface area (Å²) in [6.45, 7) is 0.218. The maximum atomic E-state index is 13.2. The molecule has 1 unspecified atom stereocenters. The molecule has 0 spiro atoms. The number of hydrogen-bond acceptors (Lipinski definition) is 7. The Morgan fingerprint density at radius 2 is 1.68 bits per heavy atom. The molecule has 214 valence electrons. The quantitative estimate of drug-likeness (QED) is 0.311. The Hall–Kier alpha value is -4.82. The second kappa shape index (κ2) is 13.8. The number of carboxylic acids is 2. The predicted molar refractivity (Wildman–Crippen MR) is 131 cm³/mol. The maximum absolute atomic E-state index is 13.2. The number of carbonyl (C=O) groups excluding carboxylic acids is 2. The van der Waals surface area contributed by atoms with Crippen LogP contribution in [-0.4, -0.2) is 62.3 Å². The Balaban J connectivity index is 0.000000708. The summed E-state index contributed by atoms with van der Waals surface area (Å²) in [4.78, 5) is 61.8. The van der Waals surface area contributed by atoms with Crippen molar-refractivity contribution in [3.8, 4) is 11.5 Å². The Labute approximate surface area is 223 Å². The average Bonchev–Trinajstić information content (AvgIpc) is 2.90. The van der Waals surface area contributed by atoms with Gasteiger partial charge in [-0.05, 0) is 36.8 Å². The van der Waals surface area contributed by atoms with Gasteiger partial charge < -0.3 is 20.3 Å². The molecular formula is C25H23F4N3O8. The number of ether oxygens (including phenoxy) is 1. The number of fused-ring (bicyclic) bond motifs is 1. The molecule has 2 aromatic carbocycles. The van der Waals surface area contributed by atoms with E-state index in [0.29, 0.717) is 17.0 Å². The first-order valence-electron chi connectivity index (χ1n) is 11.4. The summed E-state index contributed by atoms with van der Waals surface area (Å²) in [7, 11) is 0. The summed E-state index contributed by atoms with van der Waals surface area (Å²) in [5, 5.41) is 18.5. The summed E-state index contributed by atoms with van der Waals surface area (Å²) in [5.74, 6) is -5.00. The Morgan fingerprint density at radius 3 is 2.20 bits per heavy atom. The van der Waals surface area contributed by atoms with E-state index in [1.807, 2.05) is 6.07 Å². The monoisotopic (exact) mass is 569 g/mol. The first-order chi connectivity index (χ1) is 18.8. The number of ketones is 1. The van der Waals surface area contributed by atoms with Crippen molar-refractivity contribution >= 4 is 34.5 Å². The number of alkyl halides is 4. The summed E-state index contributed by atoms with van der Waals surface area (Å²) in [6, 6.07) is 11.1. The number of para-hydroxylation sites is 1. The van der Waals surface area contributed by atoms with Crippen LogP contribution in [0.3, 0.4) is 0 Å². The summed E-state index contributed by atoms with van der Waals surface area (Å²) in [6.07, 6.45) is -4.50. The van der Waals surface area contributed by atoms with E-state index in [0.717, 1.165) is 4.57 Å². The highest BCUT2D eigenvalue weighted by Gasteiger charge is 2.38. The first kappa shape index (κ1) is 31.4. The molecule has 11 nitrogen and oxygen atoms in total. The van der Waals surface area contributed by atoms with Crippen LogP contribution in [0, 0.1) is 0 Å². The molecule has 0 fully saturated rings. The molecule has 0 bridgehead atoms. The lowest BCUT2D eigenvalue weighted by Crippen LogP contribution is -2.47. The van der Waals surface area contributed by atoms with Crippen LogP contribution in [0.25, 0.3) is 10.9 Å². The zero-order valence-corrected chi connectivity index (χ0v) is 20.7. The van der Waals surface area contributed by atoms with Crippen molar-refractivity contribution in [3.05, 3.63) is 65.2 Å². The van der Waals surface area contributed by atoms with Crippen LogP contribution in [0.5, 0.6) is 11.5 Å². The minimum Gasteiger partial charge on any atom is -0.481 e. The van der Waals surface area contributed by atoms with E-state index < -0.39 is 60.5 Å². The smallest absolute Gasteiger partial charge is 0.481 e. The second-order valence-corrected chi connectivity index (χ2v) is 8.04. The van der Waals surface area contributed by atoms with Crippen molar-refractivity contribution < 1.29 is 51.7 Å². The lowest BCUT2D eigenvalue weighted by molar-refractivity contribution is -0.192. The largest absolute Gasteiger partial charge is 0.490 e. The van der Waals surface area contributed by atoms with Gasteiger partial charge in [-0.15, -0.1) is 0 Å². The number of nitrogens with zero attached hydrogens (tertiary/aromatic N) is 2. The van der Waals surface area contributed by atoms with Crippen LogP contribution in [0.15, 0.2) is 59.7 Å². The van der Waals surface area contributed by atoms with E-state index in [4.69, 9.17) is 19.7 Å². The predicted octanol–water partition coefficient (Wildman–Crippen LogP) is 3.27. The average molecular weight is 569 g/mol. The molecule has 1 heterocycles. The van der Waals surface area contributed by atoms with Crippen LogP contribution in [0.4, 0.5) is 17.6 Å². The van der Waals surface area contributed by atoms with Crippen molar-refractivity contribution in [2.24, 2.45) is 0 Å². The number of halogens is 4. The number of rotatable bonds is 10. The fourth-order valence-electron chi connectivity index (χ4n) is 3.31. The molecule has 0 aliphatic heterocycles. The highest BCUT2D eigenvalue weighted by molar-refractivity contribution is 5.93. The summed E-state index contributed by atoms with van der Waals surface area (Å²) >= 11 is 0. The number of amides is 1. The van der Waals surface area contributed by atoms with Gasteiger partial charge in [-0.25, -0.2) is 14.2 Å². The molecule has 3 N–H and O–H groups in total. The van der Waals surface area contributed by atoms with Crippen molar-refractivity contribution in [2.75, 3.05) is 6.67 Å². The van der Waals surface area contributed by atoms with Crippen LogP contribution in [0.2, 0.25) is 0 Å². The Kier molecular flexibility index (Phi) is 10.8. The molecule has 0 aliphatic rings. The minimum absolute atomic E-state index is 0.142. The zero-order valence-electron chi connectivity index (χ0n) is 20.7. The standard InChI is InChI=1S/C23H22FN3O6.C2HF3O2/c1-2-19(22(31)26-18(11-21(29)30)20(28)12-24)27-13-25-17-9-8-15(10-16(17)23(27)32)33-14-6-4-3-5-7-14;3-2(4,5)1(6)7/h3-10,13,18-19H,2,11-12H2,1H3,(H,26,31)(H,29,30);(H,6,7)/t18?,19-;/m0./s1. The molecular weight excluding hydrogens is 546 g/mol. The van der Waals surface area contributed by atoms with E-state index in [2.05, 4.69) is 10.3 Å².